The molecule has 4 aromatic carbocycles. The molecule has 0 saturated heterocycles. The molecule has 1 N–H and O–H groups in total. The van der Waals surface area contributed by atoms with Crippen molar-refractivity contribution in [2.75, 3.05) is 6.54 Å². The van der Waals surface area contributed by atoms with E-state index in [9.17, 15) is 0 Å². The Morgan fingerprint density at radius 1 is 0.712 bits per heavy atom. The average molecular weight is 707 g/mol. The normalized spacial score (nSPS) is 20.1. The predicted molar refractivity (Wildman–Crippen MR) is 217 cm³/mol. The molecule has 6 aliphatic rings. The van der Waals surface area contributed by atoms with Gasteiger partial charge in [-0.05, 0) is 125 Å². The molecule has 3 aliphatic heterocycles. The summed E-state index contributed by atoms with van der Waals surface area (Å²) in [6.07, 6.45) is 24.0. The molecule has 0 fully saturated rings. The van der Waals surface area contributed by atoms with Crippen molar-refractivity contribution in [2.45, 2.75) is 58.1 Å². The molecule has 252 valence electrons. The number of rotatable bonds is 3. The van der Waals surface area contributed by atoms with Crippen LogP contribution in [-0.4, -0.2) is 11.1 Å². The lowest BCUT2D eigenvalue weighted by Crippen LogP contribution is -2.38. The van der Waals surface area contributed by atoms with Gasteiger partial charge in [-0.1, -0.05) is 121 Å². The maximum absolute atomic E-state index is 3.65. The van der Waals surface area contributed by atoms with Crippen LogP contribution in [-0.2, 0) is 11.8 Å². The topological polar surface area (TPSA) is 17.0 Å². The molecule has 1 unspecified atom stereocenters. The molecule has 2 nitrogen and oxygen atoms in total. The Labute approximate surface area is 314 Å². The Morgan fingerprint density at radius 3 is 2.31 bits per heavy atom. The monoisotopic (exact) mass is 706 g/mol. The van der Waals surface area contributed by atoms with Crippen molar-refractivity contribution in [2.24, 2.45) is 0 Å². The van der Waals surface area contributed by atoms with Crippen LogP contribution in [0.4, 0.5) is 0 Å². The quantitative estimate of drug-likeness (QED) is 0.201. The largest absolute Gasteiger partial charge is 0.381 e. The maximum atomic E-state index is 3.65. The summed E-state index contributed by atoms with van der Waals surface area (Å²) >= 11 is 3.92. The lowest BCUT2D eigenvalue weighted by Gasteiger charge is -2.48. The Bertz CT molecular complexity index is 2460. The van der Waals surface area contributed by atoms with Crippen LogP contribution < -0.4 is 5.32 Å². The fourth-order valence-corrected chi connectivity index (χ4v) is 12.2. The fraction of sp³-hybridized carbons (Fsp3) is 0.167. The molecule has 4 heteroatoms. The van der Waals surface area contributed by atoms with Gasteiger partial charge >= 0.3 is 0 Å². The molecule has 4 heterocycles. The number of dihydropyridines is 1. The minimum absolute atomic E-state index is 0.280. The van der Waals surface area contributed by atoms with Crippen LogP contribution in [0.15, 0.2) is 170 Å². The highest BCUT2D eigenvalue weighted by Gasteiger charge is 2.50. The Balaban J connectivity index is 1.15. The van der Waals surface area contributed by atoms with E-state index < -0.39 is 0 Å². The molecule has 5 aromatic rings. The van der Waals surface area contributed by atoms with E-state index in [2.05, 4.69) is 156 Å². The minimum Gasteiger partial charge on any atom is -0.381 e. The molecule has 0 bridgehead atoms. The zero-order valence-corrected chi connectivity index (χ0v) is 30.6. The molecule has 52 heavy (non-hydrogen) atoms. The Hall–Kier alpha value is -4.90. The lowest BCUT2D eigenvalue weighted by molar-refractivity contribution is 0.620. The fourth-order valence-electron chi connectivity index (χ4n) is 9.77. The van der Waals surface area contributed by atoms with E-state index in [-0.39, 0.29) is 11.3 Å². The number of aromatic nitrogens is 1. The summed E-state index contributed by atoms with van der Waals surface area (Å²) in [5, 5.41) is 3.65. The number of hydrogen-bond acceptors (Lipinski definition) is 3. The number of allylic oxidation sites excluding steroid dienone is 7. The zero-order valence-electron chi connectivity index (χ0n) is 28.9. The van der Waals surface area contributed by atoms with Crippen LogP contribution >= 0.6 is 23.5 Å². The van der Waals surface area contributed by atoms with Crippen LogP contribution in [0.2, 0.25) is 0 Å². The van der Waals surface area contributed by atoms with Gasteiger partial charge in [0.1, 0.15) is 0 Å². The summed E-state index contributed by atoms with van der Waals surface area (Å²) in [5.74, 6) is 0.280. The van der Waals surface area contributed by atoms with Gasteiger partial charge in [-0.3, -0.25) is 0 Å². The van der Waals surface area contributed by atoms with Crippen molar-refractivity contribution < 1.29 is 0 Å². The van der Waals surface area contributed by atoms with Gasteiger partial charge in [0.15, 0.2) is 0 Å². The first-order valence-electron chi connectivity index (χ1n) is 18.7. The highest BCUT2D eigenvalue weighted by molar-refractivity contribution is 8.03. The summed E-state index contributed by atoms with van der Waals surface area (Å²) in [4.78, 5) is 5.53. The van der Waals surface area contributed by atoms with Crippen molar-refractivity contribution in [1.29, 1.82) is 0 Å². The average Bonchev–Trinajstić information content (AvgIpc) is 3.56. The predicted octanol–water partition coefficient (Wildman–Crippen LogP) is 11.9. The van der Waals surface area contributed by atoms with Crippen LogP contribution in [0.3, 0.4) is 0 Å². The molecular formula is C48H38N2S2. The number of nitrogens with one attached hydrogen (secondary N) is 1. The maximum Gasteiger partial charge on any atom is 0.0708 e. The highest BCUT2D eigenvalue weighted by atomic mass is 32.2. The van der Waals surface area contributed by atoms with Crippen LogP contribution in [0.5, 0.6) is 0 Å². The van der Waals surface area contributed by atoms with Crippen LogP contribution in [0.1, 0.15) is 76.4 Å². The Kier molecular flexibility index (Phi) is 7.13. The van der Waals surface area contributed by atoms with Crippen LogP contribution in [0, 0.1) is 0 Å². The lowest BCUT2D eigenvalue weighted by atomic mass is 9.61. The van der Waals surface area contributed by atoms with Gasteiger partial charge in [0.05, 0.1) is 5.41 Å². The first kappa shape index (κ1) is 30.7. The van der Waals surface area contributed by atoms with E-state index in [1.54, 1.807) is 5.57 Å². The SMILES string of the molecule is C1=CCNC(C2=CC3=C(CC2)C2(c4cc(C5CC=Cc6c5c5c(n6-c6ccccc6)CCC=C5)ccc4S3)c3ccccc3Sc3ccccc32)=C1. The molecule has 1 aromatic heterocycles. The second-order valence-electron chi connectivity index (χ2n) is 14.6. The van der Waals surface area contributed by atoms with Gasteiger partial charge in [-0.15, -0.1) is 0 Å². The molecule has 0 amide bonds. The smallest absolute Gasteiger partial charge is 0.0708 e. The van der Waals surface area contributed by atoms with Gasteiger partial charge in [0.2, 0.25) is 0 Å². The third-order valence-electron chi connectivity index (χ3n) is 11.9. The van der Waals surface area contributed by atoms with Crippen LogP contribution in [0.25, 0.3) is 17.8 Å². The molecule has 0 radical (unpaired) electrons. The second kappa shape index (κ2) is 12.1. The standard InChI is InChI=1S/C48H38N2S2/c1-2-13-33(14-3-1)50-41-20-7-4-15-35(41)47-34(16-12-21-42(47)50)31-25-27-45-39(29-31)48(36-17-5-8-22-43(36)51-44-23-9-6-18-37(44)48)38-26-24-32(30-46(38)52-45)40-19-10-11-28-49-40/h1-6,8-15,17-19,21-23,25,27,29-30,34,49H,7,16,20,24,26,28H2. The molecule has 3 aliphatic carbocycles. The first-order chi connectivity index (χ1) is 25.8. The van der Waals surface area contributed by atoms with Gasteiger partial charge < -0.3 is 9.88 Å². The summed E-state index contributed by atoms with van der Waals surface area (Å²) in [7, 11) is 0. The molecular weight excluding hydrogens is 669 g/mol. The van der Waals surface area contributed by atoms with Crippen molar-refractivity contribution in [3.05, 3.63) is 200 Å². The highest BCUT2D eigenvalue weighted by Crippen LogP contribution is 2.63. The van der Waals surface area contributed by atoms with Gasteiger partial charge in [-0.2, -0.15) is 0 Å². The number of benzene rings is 4. The summed E-state index contributed by atoms with van der Waals surface area (Å²) < 4.78 is 2.55. The van der Waals surface area contributed by atoms with Gasteiger partial charge in [-0.25, -0.2) is 0 Å². The number of nitrogens with zero attached hydrogens (tertiary/aromatic N) is 1. The summed E-state index contributed by atoms with van der Waals surface area (Å²) in [5.41, 5.74) is 16.6. The Morgan fingerprint density at radius 2 is 1.50 bits per heavy atom. The third kappa shape index (κ3) is 4.47. The molecule has 11 rings (SSSR count). The molecule has 0 saturated carbocycles. The van der Waals surface area contributed by atoms with E-state index in [1.807, 2.05) is 23.5 Å². The van der Waals surface area contributed by atoms with Crippen molar-refractivity contribution in [1.82, 2.24) is 9.88 Å². The number of para-hydroxylation sites is 1. The minimum atomic E-state index is -0.358. The van der Waals surface area contributed by atoms with Gasteiger partial charge in [0, 0.05) is 54.8 Å². The summed E-state index contributed by atoms with van der Waals surface area (Å²) in [6.45, 7) is 0.890. The number of hydrogen-bond donors (Lipinski definition) is 1. The van der Waals surface area contributed by atoms with E-state index in [0.717, 1.165) is 38.6 Å². The van der Waals surface area contributed by atoms with Gasteiger partial charge in [0.25, 0.3) is 0 Å². The third-order valence-corrected chi connectivity index (χ3v) is 14.2. The summed E-state index contributed by atoms with van der Waals surface area (Å²) in [6, 6.07) is 37.0. The van der Waals surface area contributed by atoms with E-state index in [0.29, 0.717) is 0 Å². The molecule has 1 spiro atoms. The first-order valence-corrected chi connectivity index (χ1v) is 20.3. The van der Waals surface area contributed by atoms with Crippen molar-refractivity contribution >= 4 is 35.7 Å². The molecule has 1 atom stereocenters. The second-order valence-corrected chi connectivity index (χ2v) is 16.7. The van der Waals surface area contributed by atoms with Crippen molar-refractivity contribution in [3.8, 4) is 5.69 Å². The van der Waals surface area contributed by atoms with E-state index in [4.69, 9.17) is 0 Å². The van der Waals surface area contributed by atoms with E-state index in [1.165, 1.54) is 81.3 Å². The van der Waals surface area contributed by atoms with Crippen molar-refractivity contribution in [3.63, 3.8) is 0 Å². The number of thioether (sulfide) groups is 1. The van der Waals surface area contributed by atoms with E-state index >= 15 is 0 Å². The number of fused-ring (bicyclic) bond motifs is 10. The zero-order chi connectivity index (χ0) is 34.2.